The Morgan fingerprint density at radius 1 is 0.567 bits per heavy atom. The number of ether oxygens (including phenoxy) is 2. The van der Waals surface area contributed by atoms with E-state index in [9.17, 15) is 19.2 Å². The van der Waals surface area contributed by atoms with Gasteiger partial charge in [0.1, 0.15) is 11.5 Å². The van der Waals surface area contributed by atoms with Crippen molar-refractivity contribution in [1.29, 1.82) is 0 Å². The number of aromatic carboxylic acids is 2. The maximum Gasteiger partial charge on any atom is 0.335 e. The molecule has 0 fully saturated rings. The molecule has 0 aromatic heterocycles. The normalized spacial score (nSPS) is 10.3. The van der Waals surface area contributed by atoms with Crippen LogP contribution in [0.4, 0.5) is 0 Å². The predicted octanol–water partition coefficient (Wildman–Crippen LogP) is 3.93. The summed E-state index contributed by atoms with van der Waals surface area (Å²) in [6.07, 6.45) is 3.15. The summed E-state index contributed by atoms with van der Waals surface area (Å²) in [5.74, 6) is -2.31. The van der Waals surface area contributed by atoms with Crippen LogP contribution in [-0.2, 0) is 9.59 Å². The van der Waals surface area contributed by atoms with Gasteiger partial charge in [-0.05, 0) is 61.4 Å². The zero-order valence-electron chi connectivity index (χ0n) is 16.2. The van der Waals surface area contributed by atoms with Gasteiger partial charge in [0.05, 0.1) is 11.1 Å². The molecule has 8 heteroatoms. The lowest BCUT2D eigenvalue weighted by Gasteiger charge is -2.06. The van der Waals surface area contributed by atoms with Crippen molar-refractivity contribution >= 4 is 23.9 Å². The molecule has 2 N–H and O–H groups in total. The van der Waals surface area contributed by atoms with Crippen LogP contribution in [0.15, 0.2) is 48.5 Å². The van der Waals surface area contributed by atoms with Gasteiger partial charge in [-0.25, -0.2) is 9.59 Å². The molecule has 0 atom stereocenters. The zero-order valence-corrected chi connectivity index (χ0v) is 16.2. The van der Waals surface area contributed by atoms with Crippen molar-refractivity contribution in [1.82, 2.24) is 0 Å². The fraction of sp³-hybridized carbons (Fsp3) is 0.273. The van der Waals surface area contributed by atoms with Gasteiger partial charge in [0.15, 0.2) is 0 Å². The average molecular weight is 414 g/mol. The van der Waals surface area contributed by atoms with E-state index in [4.69, 9.17) is 19.7 Å². The lowest BCUT2D eigenvalue weighted by atomic mass is 10.1. The van der Waals surface area contributed by atoms with Gasteiger partial charge in [-0.3, -0.25) is 9.59 Å². The number of carbonyl (C=O) groups excluding carboxylic acids is 2. The summed E-state index contributed by atoms with van der Waals surface area (Å²) >= 11 is 0. The highest BCUT2D eigenvalue weighted by Gasteiger charge is 2.09. The molecule has 0 unspecified atom stereocenters. The summed E-state index contributed by atoms with van der Waals surface area (Å²) in [6, 6.07) is 11.2. The van der Waals surface area contributed by atoms with Gasteiger partial charge < -0.3 is 19.7 Å². The molecule has 0 radical (unpaired) electrons. The van der Waals surface area contributed by atoms with Gasteiger partial charge in [-0.2, -0.15) is 0 Å². The first kappa shape index (κ1) is 22.6. The molecule has 0 heterocycles. The Kier molecular flexibility index (Phi) is 8.56. The molecular weight excluding hydrogens is 392 g/mol. The van der Waals surface area contributed by atoms with Crippen LogP contribution in [0, 0.1) is 0 Å². The first-order valence-corrected chi connectivity index (χ1v) is 9.43. The highest BCUT2D eigenvalue weighted by molar-refractivity contribution is 5.88. The second kappa shape index (κ2) is 11.4. The van der Waals surface area contributed by atoms with Gasteiger partial charge in [0.2, 0.25) is 0 Å². The molecule has 8 nitrogen and oxygen atoms in total. The molecule has 2 aromatic rings. The highest BCUT2D eigenvalue weighted by Crippen LogP contribution is 2.16. The topological polar surface area (TPSA) is 127 Å². The number of esters is 2. The molecule has 0 bridgehead atoms. The number of carboxylic acids is 2. The van der Waals surface area contributed by atoms with Crippen LogP contribution >= 0.6 is 0 Å². The van der Waals surface area contributed by atoms with Crippen LogP contribution in [0.5, 0.6) is 11.5 Å². The Bertz CT molecular complexity index is 809. The second-order valence-electron chi connectivity index (χ2n) is 6.52. The molecule has 0 aliphatic heterocycles. The van der Waals surface area contributed by atoms with Crippen molar-refractivity contribution in [3.8, 4) is 11.5 Å². The first-order chi connectivity index (χ1) is 14.3. The number of unbranched alkanes of at least 4 members (excludes halogenated alkanes) is 3. The van der Waals surface area contributed by atoms with E-state index in [1.807, 2.05) is 0 Å². The minimum Gasteiger partial charge on any atom is -0.478 e. The first-order valence-electron chi connectivity index (χ1n) is 9.43. The van der Waals surface area contributed by atoms with Gasteiger partial charge in [0, 0.05) is 12.8 Å². The Morgan fingerprint density at radius 2 is 0.900 bits per heavy atom. The number of rotatable bonds is 11. The lowest BCUT2D eigenvalue weighted by molar-refractivity contribution is -0.135. The predicted molar refractivity (Wildman–Crippen MR) is 106 cm³/mol. The molecule has 30 heavy (non-hydrogen) atoms. The molecule has 0 amide bonds. The van der Waals surface area contributed by atoms with Crippen LogP contribution in [-0.4, -0.2) is 34.1 Å². The standard InChI is InChI=1S/C22H22O8/c23-19(29-17-11-7-15(8-12-17)21(25)26)5-3-1-2-4-6-20(24)30-18-13-9-16(10-14-18)22(27)28/h7-14H,1-6H2,(H,25,26)(H,27,28). The van der Waals surface area contributed by atoms with E-state index in [1.165, 1.54) is 48.5 Å². The largest absolute Gasteiger partial charge is 0.478 e. The number of hydrogen-bond acceptors (Lipinski definition) is 6. The van der Waals surface area contributed by atoms with E-state index < -0.39 is 23.9 Å². The molecule has 2 aromatic carbocycles. The van der Waals surface area contributed by atoms with E-state index in [-0.39, 0.29) is 24.0 Å². The molecule has 2 rings (SSSR count). The molecule has 0 saturated heterocycles. The maximum absolute atomic E-state index is 11.8. The zero-order chi connectivity index (χ0) is 21.9. The Morgan fingerprint density at radius 3 is 1.20 bits per heavy atom. The molecular formula is C22H22O8. The monoisotopic (exact) mass is 414 g/mol. The van der Waals surface area contributed by atoms with Crippen molar-refractivity contribution in [2.24, 2.45) is 0 Å². The van der Waals surface area contributed by atoms with Crippen LogP contribution < -0.4 is 9.47 Å². The fourth-order valence-corrected chi connectivity index (χ4v) is 2.59. The van der Waals surface area contributed by atoms with Crippen molar-refractivity contribution in [2.45, 2.75) is 38.5 Å². The van der Waals surface area contributed by atoms with E-state index in [0.29, 0.717) is 24.3 Å². The molecule has 158 valence electrons. The van der Waals surface area contributed by atoms with Crippen molar-refractivity contribution in [3.63, 3.8) is 0 Å². The van der Waals surface area contributed by atoms with Gasteiger partial charge in [-0.1, -0.05) is 12.8 Å². The van der Waals surface area contributed by atoms with Gasteiger partial charge in [-0.15, -0.1) is 0 Å². The third-order valence-corrected chi connectivity index (χ3v) is 4.18. The molecule has 0 spiro atoms. The Hall–Kier alpha value is -3.68. The number of benzene rings is 2. The van der Waals surface area contributed by atoms with Crippen molar-refractivity contribution in [3.05, 3.63) is 59.7 Å². The second-order valence-corrected chi connectivity index (χ2v) is 6.52. The van der Waals surface area contributed by atoms with Crippen LogP contribution in [0.1, 0.15) is 59.2 Å². The summed E-state index contributed by atoms with van der Waals surface area (Å²) in [4.78, 5) is 45.1. The summed E-state index contributed by atoms with van der Waals surface area (Å²) in [6.45, 7) is 0. The van der Waals surface area contributed by atoms with Crippen LogP contribution in [0.2, 0.25) is 0 Å². The Balaban J connectivity index is 1.57. The van der Waals surface area contributed by atoms with E-state index in [2.05, 4.69) is 0 Å². The summed E-state index contributed by atoms with van der Waals surface area (Å²) in [5, 5.41) is 17.6. The number of carbonyl (C=O) groups is 4. The summed E-state index contributed by atoms with van der Waals surface area (Å²) < 4.78 is 10.3. The highest BCUT2D eigenvalue weighted by atomic mass is 16.5. The van der Waals surface area contributed by atoms with Gasteiger partial charge >= 0.3 is 23.9 Å². The van der Waals surface area contributed by atoms with E-state index in [1.54, 1.807) is 0 Å². The molecule has 0 saturated carbocycles. The van der Waals surface area contributed by atoms with E-state index >= 15 is 0 Å². The lowest BCUT2D eigenvalue weighted by Crippen LogP contribution is -2.08. The number of carboxylic acid groups (broad SMARTS) is 2. The third kappa shape index (κ3) is 7.75. The fourth-order valence-electron chi connectivity index (χ4n) is 2.59. The van der Waals surface area contributed by atoms with Crippen molar-refractivity contribution in [2.75, 3.05) is 0 Å². The SMILES string of the molecule is O=C(CCCCCCC(=O)Oc1ccc(C(=O)O)cc1)Oc1ccc(C(=O)O)cc1. The molecule has 0 aliphatic rings. The van der Waals surface area contributed by atoms with Gasteiger partial charge in [0.25, 0.3) is 0 Å². The van der Waals surface area contributed by atoms with Crippen molar-refractivity contribution < 1.29 is 38.9 Å². The summed E-state index contributed by atoms with van der Waals surface area (Å²) in [7, 11) is 0. The van der Waals surface area contributed by atoms with E-state index in [0.717, 1.165) is 12.8 Å². The molecule has 0 aliphatic carbocycles. The van der Waals surface area contributed by atoms with Crippen LogP contribution in [0.25, 0.3) is 0 Å². The third-order valence-electron chi connectivity index (χ3n) is 4.18. The Labute approximate surface area is 173 Å². The smallest absolute Gasteiger partial charge is 0.335 e. The minimum absolute atomic E-state index is 0.116. The maximum atomic E-state index is 11.8. The van der Waals surface area contributed by atoms with Crippen LogP contribution in [0.3, 0.4) is 0 Å². The minimum atomic E-state index is -1.05. The quantitative estimate of drug-likeness (QED) is 0.322. The average Bonchev–Trinajstić information content (AvgIpc) is 2.71. The number of hydrogen-bond donors (Lipinski definition) is 2. The summed E-state index contributed by atoms with van der Waals surface area (Å²) in [5.41, 5.74) is 0.233.